The van der Waals surface area contributed by atoms with E-state index in [1.54, 1.807) is 0 Å². The van der Waals surface area contributed by atoms with E-state index >= 15 is 0 Å². The number of ether oxygens (including phenoxy) is 3. The number of rotatable bonds is 5. The largest absolute Gasteiger partial charge is 0.454 e. The van der Waals surface area contributed by atoms with Crippen molar-refractivity contribution in [3.8, 4) is 11.5 Å². The van der Waals surface area contributed by atoms with Crippen molar-refractivity contribution in [3.63, 3.8) is 0 Å². The average Bonchev–Trinajstić information content (AvgIpc) is 3.27. The van der Waals surface area contributed by atoms with Gasteiger partial charge in [-0.25, -0.2) is 4.79 Å². The third-order valence-electron chi connectivity index (χ3n) is 7.37. The van der Waals surface area contributed by atoms with Crippen LogP contribution in [0.15, 0.2) is 12.1 Å². The number of nitrogens with one attached hydrogen (secondary N) is 1. The van der Waals surface area contributed by atoms with Crippen molar-refractivity contribution in [2.24, 2.45) is 16.7 Å². The van der Waals surface area contributed by atoms with E-state index < -0.39 is 29.1 Å². The molecule has 0 spiro atoms. The molecule has 0 unspecified atom stereocenters. The Kier molecular flexibility index (Phi) is 4.43. The zero-order chi connectivity index (χ0) is 21.0. The fraction of sp³-hybridized carbons (Fsp3) is 0.600. The predicted molar refractivity (Wildman–Crippen MR) is 101 cm³/mol. The highest BCUT2D eigenvalue weighted by Crippen LogP contribution is 2.65. The number of benzene rings is 1. The highest BCUT2D eigenvalue weighted by molar-refractivity contribution is 5.96. The monoisotopic (exact) mass is 404 g/mol. The zero-order valence-electron chi connectivity index (χ0n) is 16.6. The highest BCUT2D eigenvalue weighted by atomic mass is 16.7. The van der Waals surface area contributed by atoms with Gasteiger partial charge in [-0.05, 0) is 36.0 Å². The Bertz CT molecular complexity index is 897. The first-order chi connectivity index (χ1) is 13.6. The smallest absolute Gasteiger partial charge is 0.345 e. The number of hydrogen-bond donors (Lipinski definition) is 1. The van der Waals surface area contributed by atoms with Crippen LogP contribution in [0, 0.1) is 26.9 Å². The molecular weight excluding hydrogens is 380 g/mol. The van der Waals surface area contributed by atoms with Crippen molar-refractivity contribution in [1.29, 1.82) is 0 Å². The summed E-state index contributed by atoms with van der Waals surface area (Å²) < 4.78 is 15.3. The second-order valence-corrected chi connectivity index (χ2v) is 8.79. The van der Waals surface area contributed by atoms with Crippen molar-refractivity contribution in [3.05, 3.63) is 27.8 Å². The highest BCUT2D eigenvalue weighted by Gasteiger charge is 2.61. The van der Waals surface area contributed by atoms with E-state index in [1.807, 2.05) is 0 Å². The third-order valence-corrected chi connectivity index (χ3v) is 7.37. The Hall–Kier alpha value is -2.84. The predicted octanol–water partition coefficient (Wildman–Crippen LogP) is 2.81. The lowest BCUT2D eigenvalue weighted by Gasteiger charge is -2.39. The van der Waals surface area contributed by atoms with Gasteiger partial charge in [0.25, 0.3) is 11.6 Å². The maximum atomic E-state index is 12.4. The molecule has 9 heteroatoms. The molecule has 3 atom stereocenters. The summed E-state index contributed by atoms with van der Waals surface area (Å²) in [6.07, 6.45) is 3.13. The van der Waals surface area contributed by atoms with E-state index in [-0.39, 0.29) is 40.7 Å². The summed E-state index contributed by atoms with van der Waals surface area (Å²) >= 11 is 0. The van der Waals surface area contributed by atoms with Gasteiger partial charge in [-0.1, -0.05) is 20.8 Å². The summed E-state index contributed by atoms with van der Waals surface area (Å²) in [6, 6.07) is 2.36. The molecule has 1 aliphatic heterocycles. The Morgan fingerprint density at radius 1 is 1.28 bits per heavy atom. The van der Waals surface area contributed by atoms with Crippen LogP contribution in [0.4, 0.5) is 5.69 Å². The number of nitro groups is 1. The molecule has 1 aromatic rings. The molecular formula is C20H24N2O7. The summed E-state index contributed by atoms with van der Waals surface area (Å²) in [4.78, 5) is 35.4. The molecule has 9 nitrogen and oxygen atoms in total. The van der Waals surface area contributed by atoms with Gasteiger partial charge in [-0.15, -0.1) is 0 Å². The SMILES string of the molecule is CC1(C)[C@H]2CC[C@@]1(C)[C@H](NC(=O)COC(=O)c1cc3c(cc1[N+](=O)[O-])OCO3)C2. The van der Waals surface area contributed by atoms with Crippen molar-refractivity contribution in [1.82, 2.24) is 5.32 Å². The van der Waals surface area contributed by atoms with E-state index in [0.29, 0.717) is 5.92 Å². The van der Waals surface area contributed by atoms with Crippen molar-refractivity contribution in [2.45, 2.75) is 46.1 Å². The Balaban J connectivity index is 1.41. The molecule has 1 heterocycles. The van der Waals surface area contributed by atoms with E-state index in [2.05, 4.69) is 26.1 Å². The van der Waals surface area contributed by atoms with E-state index in [0.717, 1.165) is 18.9 Å². The van der Waals surface area contributed by atoms with Crippen molar-refractivity contribution < 1.29 is 28.7 Å². The first-order valence-corrected chi connectivity index (χ1v) is 9.68. The molecule has 29 heavy (non-hydrogen) atoms. The van der Waals surface area contributed by atoms with Crippen LogP contribution in [0.3, 0.4) is 0 Å². The number of amides is 1. The minimum Gasteiger partial charge on any atom is -0.454 e. The van der Waals surface area contributed by atoms with Gasteiger partial charge in [0.05, 0.1) is 11.0 Å². The number of fused-ring (bicyclic) bond motifs is 3. The van der Waals surface area contributed by atoms with Gasteiger partial charge < -0.3 is 19.5 Å². The van der Waals surface area contributed by atoms with Crippen LogP contribution in [-0.4, -0.2) is 36.2 Å². The molecule has 156 valence electrons. The molecule has 1 aromatic carbocycles. The van der Waals surface area contributed by atoms with Crippen LogP contribution >= 0.6 is 0 Å². The number of esters is 1. The number of nitro benzene ring substituents is 1. The number of carbonyl (C=O) groups is 2. The first-order valence-electron chi connectivity index (χ1n) is 9.68. The average molecular weight is 404 g/mol. The van der Waals surface area contributed by atoms with Crippen LogP contribution in [-0.2, 0) is 9.53 Å². The van der Waals surface area contributed by atoms with Crippen LogP contribution in [0.2, 0.25) is 0 Å². The summed E-state index contributed by atoms with van der Waals surface area (Å²) in [6.45, 7) is 6.12. The lowest BCUT2D eigenvalue weighted by atomic mass is 9.69. The molecule has 4 rings (SSSR count). The minimum absolute atomic E-state index is 0.00739. The minimum atomic E-state index is -0.954. The molecule has 1 N–H and O–H groups in total. The van der Waals surface area contributed by atoms with E-state index in [9.17, 15) is 19.7 Å². The lowest BCUT2D eigenvalue weighted by molar-refractivity contribution is -0.385. The normalized spacial score (nSPS) is 28.2. The van der Waals surface area contributed by atoms with Crippen molar-refractivity contribution in [2.75, 3.05) is 13.4 Å². The van der Waals surface area contributed by atoms with Crippen LogP contribution in [0.25, 0.3) is 0 Å². The maximum absolute atomic E-state index is 12.4. The molecule has 2 aliphatic carbocycles. The molecule has 2 saturated carbocycles. The number of nitrogens with zero attached hydrogens (tertiary/aromatic N) is 1. The van der Waals surface area contributed by atoms with Gasteiger partial charge in [0.15, 0.2) is 18.1 Å². The third kappa shape index (κ3) is 2.99. The Labute approximate surface area is 167 Å². The van der Waals surface area contributed by atoms with Gasteiger partial charge in [0, 0.05) is 12.1 Å². The van der Waals surface area contributed by atoms with Crippen LogP contribution in [0.5, 0.6) is 11.5 Å². The number of hydrogen-bond acceptors (Lipinski definition) is 7. The van der Waals surface area contributed by atoms with Gasteiger partial charge in [-0.2, -0.15) is 0 Å². The molecule has 1 amide bonds. The van der Waals surface area contributed by atoms with Crippen LogP contribution < -0.4 is 14.8 Å². The molecule has 2 fully saturated rings. The Morgan fingerprint density at radius 3 is 2.55 bits per heavy atom. The molecule has 3 aliphatic rings. The molecule has 0 saturated heterocycles. The Morgan fingerprint density at radius 2 is 1.97 bits per heavy atom. The van der Waals surface area contributed by atoms with Gasteiger partial charge >= 0.3 is 5.97 Å². The quantitative estimate of drug-likeness (QED) is 0.455. The van der Waals surface area contributed by atoms with E-state index in [1.165, 1.54) is 12.5 Å². The summed E-state index contributed by atoms with van der Waals surface area (Å²) in [5, 5.41) is 14.3. The second kappa shape index (κ2) is 6.60. The van der Waals surface area contributed by atoms with Crippen LogP contribution in [0.1, 0.15) is 50.4 Å². The second-order valence-electron chi connectivity index (χ2n) is 8.79. The maximum Gasteiger partial charge on any atom is 0.345 e. The lowest BCUT2D eigenvalue weighted by Crippen LogP contribution is -2.48. The fourth-order valence-electron chi connectivity index (χ4n) is 5.11. The van der Waals surface area contributed by atoms with Crippen molar-refractivity contribution >= 4 is 17.6 Å². The standard InChI is InChI=1S/C20H24N2O7/c1-19(2)11-4-5-20(19,3)16(6-11)21-17(23)9-27-18(24)12-7-14-15(29-10-28-14)8-13(12)22(25)26/h7-8,11,16H,4-6,9-10H2,1-3H3,(H,21,23)/t11-,16+,20-/m0/s1. The summed E-state index contributed by atoms with van der Waals surface area (Å²) in [5.41, 5.74) is -0.579. The topological polar surface area (TPSA) is 117 Å². The first kappa shape index (κ1) is 19.5. The molecule has 0 aromatic heterocycles. The zero-order valence-corrected chi connectivity index (χ0v) is 16.6. The molecule has 2 bridgehead atoms. The van der Waals surface area contributed by atoms with Gasteiger partial charge in [-0.3, -0.25) is 14.9 Å². The number of carbonyl (C=O) groups excluding carboxylic acids is 2. The summed E-state index contributed by atoms with van der Waals surface area (Å²) in [5.74, 6) is -0.375. The van der Waals surface area contributed by atoms with Gasteiger partial charge in [0.1, 0.15) is 5.56 Å². The molecule has 0 radical (unpaired) electrons. The summed E-state index contributed by atoms with van der Waals surface area (Å²) in [7, 11) is 0. The van der Waals surface area contributed by atoms with Gasteiger partial charge in [0.2, 0.25) is 6.79 Å². The fourth-order valence-corrected chi connectivity index (χ4v) is 5.11. The van der Waals surface area contributed by atoms with E-state index in [4.69, 9.17) is 14.2 Å².